The number of pyridine rings is 1. The van der Waals surface area contributed by atoms with Crippen LogP contribution >= 0.6 is 0 Å². The number of aromatic nitrogens is 3. The van der Waals surface area contributed by atoms with Gasteiger partial charge in [0.1, 0.15) is 6.33 Å². The van der Waals surface area contributed by atoms with Crippen molar-refractivity contribution in [1.29, 1.82) is 0 Å². The van der Waals surface area contributed by atoms with E-state index in [1.807, 2.05) is 4.90 Å². The molecular weight excluding hydrogens is 306 g/mol. The second-order valence-electron chi connectivity index (χ2n) is 5.68. The molecule has 0 atom stereocenters. The summed E-state index contributed by atoms with van der Waals surface area (Å²) in [5, 5.41) is 0. The van der Waals surface area contributed by atoms with Crippen LogP contribution in [0.2, 0.25) is 0 Å². The fourth-order valence-corrected chi connectivity index (χ4v) is 2.73. The van der Waals surface area contributed by atoms with E-state index in [9.17, 15) is 4.79 Å². The smallest absolute Gasteiger partial charge is 0.254 e. The summed E-state index contributed by atoms with van der Waals surface area (Å²) in [7, 11) is 1.71. The lowest BCUT2D eigenvalue weighted by Gasteiger charge is -2.34. The molecule has 2 aromatic rings. The maximum Gasteiger partial charge on any atom is 0.254 e. The lowest BCUT2D eigenvalue weighted by atomic mass is 10.1. The summed E-state index contributed by atoms with van der Waals surface area (Å²) in [5.74, 6) is 0.0434. The Morgan fingerprint density at radius 3 is 2.67 bits per heavy atom. The molecular formula is C17H21N5O2. The van der Waals surface area contributed by atoms with Crippen molar-refractivity contribution in [2.45, 2.75) is 0 Å². The van der Waals surface area contributed by atoms with E-state index in [-0.39, 0.29) is 5.91 Å². The molecule has 1 aliphatic rings. The van der Waals surface area contributed by atoms with Gasteiger partial charge in [0, 0.05) is 69.6 Å². The summed E-state index contributed by atoms with van der Waals surface area (Å²) in [6, 6.07) is 3.56. The molecule has 0 aliphatic carbocycles. The molecule has 0 N–H and O–H groups in total. The Morgan fingerprint density at radius 1 is 1.21 bits per heavy atom. The van der Waals surface area contributed by atoms with Crippen molar-refractivity contribution in [3.05, 3.63) is 42.6 Å². The van der Waals surface area contributed by atoms with Gasteiger partial charge < -0.3 is 9.64 Å². The van der Waals surface area contributed by atoms with Gasteiger partial charge in [-0.2, -0.15) is 0 Å². The molecule has 0 aromatic carbocycles. The number of rotatable bonds is 5. The van der Waals surface area contributed by atoms with Crippen LogP contribution in [-0.4, -0.2) is 77.1 Å². The van der Waals surface area contributed by atoms with Crippen molar-refractivity contribution < 1.29 is 9.53 Å². The van der Waals surface area contributed by atoms with Crippen LogP contribution < -0.4 is 0 Å². The summed E-state index contributed by atoms with van der Waals surface area (Å²) >= 11 is 0. The number of piperazine rings is 1. The minimum atomic E-state index is 0.0434. The molecule has 0 radical (unpaired) electrons. The van der Waals surface area contributed by atoms with Gasteiger partial charge in [0.05, 0.1) is 12.3 Å². The van der Waals surface area contributed by atoms with E-state index in [0.29, 0.717) is 11.3 Å². The fourth-order valence-electron chi connectivity index (χ4n) is 2.73. The highest BCUT2D eigenvalue weighted by molar-refractivity contribution is 5.95. The lowest BCUT2D eigenvalue weighted by Crippen LogP contribution is -2.49. The van der Waals surface area contributed by atoms with Gasteiger partial charge in [0.25, 0.3) is 5.91 Å². The SMILES string of the molecule is COCCN1CCN(C(=O)c2ccnc(-c3cncnc3)c2)CC1. The van der Waals surface area contributed by atoms with Gasteiger partial charge in [0.2, 0.25) is 0 Å². The molecule has 7 heteroatoms. The average Bonchev–Trinajstić information content (AvgIpc) is 2.67. The molecule has 1 saturated heterocycles. The molecule has 3 heterocycles. The van der Waals surface area contributed by atoms with Crippen LogP contribution in [0.3, 0.4) is 0 Å². The summed E-state index contributed by atoms with van der Waals surface area (Å²) in [4.78, 5) is 29.2. The standard InChI is InChI=1S/C17H21N5O2/c1-24-9-8-21-4-6-22(7-5-21)17(23)14-2-3-20-16(10-14)15-11-18-13-19-12-15/h2-3,10-13H,4-9H2,1H3. The number of hydrogen-bond donors (Lipinski definition) is 0. The molecule has 1 amide bonds. The molecule has 2 aromatic heterocycles. The van der Waals surface area contributed by atoms with E-state index in [2.05, 4.69) is 19.9 Å². The second-order valence-corrected chi connectivity index (χ2v) is 5.68. The normalized spacial score (nSPS) is 15.5. The van der Waals surface area contributed by atoms with E-state index in [4.69, 9.17) is 4.74 Å². The highest BCUT2D eigenvalue weighted by atomic mass is 16.5. The van der Waals surface area contributed by atoms with E-state index in [1.54, 1.807) is 37.8 Å². The van der Waals surface area contributed by atoms with Crippen LogP contribution in [0.1, 0.15) is 10.4 Å². The van der Waals surface area contributed by atoms with Gasteiger partial charge in [-0.15, -0.1) is 0 Å². The van der Waals surface area contributed by atoms with Crippen LogP contribution in [0.15, 0.2) is 37.1 Å². The van der Waals surface area contributed by atoms with Crippen molar-refractivity contribution >= 4 is 5.91 Å². The van der Waals surface area contributed by atoms with E-state index in [1.165, 1.54) is 6.33 Å². The molecule has 0 bridgehead atoms. The van der Waals surface area contributed by atoms with Crippen molar-refractivity contribution in [3.63, 3.8) is 0 Å². The topological polar surface area (TPSA) is 71.5 Å². The first-order chi connectivity index (χ1) is 11.8. The van der Waals surface area contributed by atoms with Gasteiger partial charge in [-0.05, 0) is 12.1 Å². The summed E-state index contributed by atoms with van der Waals surface area (Å²) in [6.07, 6.45) is 6.52. The van der Waals surface area contributed by atoms with Crippen LogP contribution in [0, 0.1) is 0 Å². The zero-order valence-electron chi connectivity index (χ0n) is 13.8. The second kappa shape index (κ2) is 7.94. The molecule has 0 spiro atoms. The zero-order chi connectivity index (χ0) is 16.8. The average molecular weight is 327 g/mol. The molecule has 126 valence electrons. The van der Waals surface area contributed by atoms with E-state index < -0.39 is 0 Å². The number of hydrogen-bond acceptors (Lipinski definition) is 6. The number of carbonyl (C=O) groups is 1. The Kier molecular flexibility index (Phi) is 5.45. The first-order valence-electron chi connectivity index (χ1n) is 8.00. The van der Waals surface area contributed by atoms with Crippen molar-refractivity contribution in [3.8, 4) is 11.3 Å². The Morgan fingerprint density at radius 2 is 1.96 bits per heavy atom. The first-order valence-corrected chi connectivity index (χ1v) is 8.00. The summed E-state index contributed by atoms with van der Waals surface area (Å²) in [6.45, 7) is 4.84. The molecule has 1 aliphatic heterocycles. The van der Waals surface area contributed by atoms with Crippen LogP contribution in [0.25, 0.3) is 11.3 Å². The van der Waals surface area contributed by atoms with Crippen molar-refractivity contribution in [2.24, 2.45) is 0 Å². The molecule has 0 saturated carbocycles. The molecule has 3 rings (SSSR count). The van der Waals surface area contributed by atoms with Crippen LogP contribution in [-0.2, 0) is 4.74 Å². The third kappa shape index (κ3) is 3.93. The van der Waals surface area contributed by atoms with Gasteiger partial charge in [-0.1, -0.05) is 0 Å². The number of methoxy groups -OCH3 is 1. The van der Waals surface area contributed by atoms with Gasteiger partial charge in [0.15, 0.2) is 0 Å². The Bertz CT molecular complexity index is 672. The number of nitrogens with zero attached hydrogens (tertiary/aromatic N) is 5. The predicted octanol–water partition coefficient (Wildman–Crippen LogP) is 0.943. The first kappa shape index (κ1) is 16.5. The van der Waals surface area contributed by atoms with Crippen molar-refractivity contribution in [1.82, 2.24) is 24.8 Å². The number of amides is 1. The fraction of sp³-hybridized carbons (Fsp3) is 0.412. The minimum Gasteiger partial charge on any atom is -0.383 e. The van der Waals surface area contributed by atoms with Gasteiger partial charge >= 0.3 is 0 Å². The maximum absolute atomic E-state index is 12.7. The Labute approximate surface area is 141 Å². The minimum absolute atomic E-state index is 0.0434. The quantitative estimate of drug-likeness (QED) is 0.814. The largest absolute Gasteiger partial charge is 0.383 e. The lowest BCUT2D eigenvalue weighted by molar-refractivity contribution is 0.0594. The van der Waals surface area contributed by atoms with Gasteiger partial charge in [-0.25, -0.2) is 9.97 Å². The third-order valence-corrected chi connectivity index (χ3v) is 4.13. The third-order valence-electron chi connectivity index (χ3n) is 4.13. The van der Waals surface area contributed by atoms with Crippen LogP contribution in [0.5, 0.6) is 0 Å². The molecule has 1 fully saturated rings. The van der Waals surface area contributed by atoms with E-state index in [0.717, 1.165) is 44.9 Å². The number of carbonyl (C=O) groups excluding carboxylic acids is 1. The molecule has 0 unspecified atom stereocenters. The monoisotopic (exact) mass is 327 g/mol. The molecule has 24 heavy (non-hydrogen) atoms. The zero-order valence-corrected chi connectivity index (χ0v) is 13.8. The summed E-state index contributed by atoms with van der Waals surface area (Å²) < 4.78 is 5.10. The maximum atomic E-state index is 12.7. The summed E-state index contributed by atoms with van der Waals surface area (Å²) in [5.41, 5.74) is 2.16. The Hall–Kier alpha value is -2.38. The molecule has 7 nitrogen and oxygen atoms in total. The van der Waals surface area contributed by atoms with Gasteiger partial charge in [-0.3, -0.25) is 14.7 Å². The Balaban J connectivity index is 1.66. The highest BCUT2D eigenvalue weighted by Gasteiger charge is 2.22. The van der Waals surface area contributed by atoms with Crippen LogP contribution in [0.4, 0.5) is 0 Å². The van der Waals surface area contributed by atoms with Crippen molar-refractivity contribution in [2.75, 3.05) is 46.4 Å². The number of ether oxygens (including phenoxy) is 1. The predicted molar refractivity (Wildman–Crippen MR) is 89.5 cm³/mol. The van der Waals surface area contributed by atoms with E-state index >= 15 is 0 Å². The highest BCUT2D eigenvalue weighted by Crippen LogP contribution is 2.17.